The van der Waals surface area contributed by atoms with Crippen molar-refractivity contribution in [2.75, 3.05) is 6.54 Å². The molecule has 1 amide bonds. The quantitative estimate of drug-likeness (QED) is 0.780. The average molecular weight is 271 g/mol. The van der Waals surface area contributed by atoms with Gasteiger partial charge in [-0.05, 0) is 12.5 Å². The number of rotatable bonds is 6. The molecule has 0 saturated carbocycles. The summed E-state index contributed by atoms with van der Waals surface area (Å²) < 4.78 is 2.09. The number of nitrogens with zero attached hydrogens (tertiary/aromatic N) is 3. The van der Waals surface area contributed by atoms with Crippen LogP contribution >= 0.6 is 0 Å². The number of aromatic nitrogens is 3. The highest BCUT2D eigenvalue weighted by atomic mass is 16.1. The van der Waals surface area contributed by atoms with Crippen molar-refractivity contribution < 1.29 is 4.79 Å². The first-order chi connectivity index (χ1) is 9.74. The lowest BCUT2D eigenvalue weighted by Crippen LogP contribution is -2.25. The van der Waals surface area contributed by atoms with E-state index in [9.17, 15) is 4.79 Å². The zero-order valence-corrected chi connectivity index (χ0v) is 11.4. The fourth-order valence-electron chi connectivity index (χ4n) is 1.99. The van der Waals surface area contributed by atoms with Gasteiger partial charge >= 0.3 is 0 Å². The highest BCUT2D eigenvalue weighted by molar-refractivity contribution is 5.92. The second kappa shape index (κ2) is 6.57. The first kappa shape index (κ1) is 13.9. The Morgan fingerprint density at radius 1 is 1.60 bits per heavy atom. The number of H-pyrrole nitrogens is 1. The second-order valence-electron chi connectivity index (χ2n) is 4.41. The van der Waals surface area contributed by atoms with Crippen LogP contribution in [0.1, 0.15) is 35.2 Å². The summed E-state index contributed by atoms with van der Waals surface area (Å²) in [6.07, 6.45) is 7.00. The zero-order chi connectivity index (χ0) is 14.4. The highest BCUT2D eigenvalue weighted by Gasteiger charge is 2.07. The summed E-state index contributed by atoms with van der Waals surface area (Å²) in [5.74, 6) is 0.868. The van der Waals surface area contributed by atoms with Crippen LogP contribution in [0, 0.1) is 11.3 Å². The van der Waals surface area contributed by atoms with Gasteiger partial charge in [-0.15, -0.1) is 0 Å². The number of carbonyl (C=O) groups excluding carboxylic acids is 1. The summed E-state index contributed by atoms with van der Waals surface area (Å²) in [7, 11) is 0. The molecule has 0 saturated heterocycles. The number of hydrogen-bond acceptors (Lipinski definition) is 3. The lowest BCUT2D eigenvalue weighted by molar-refractivity contribution is 0.0948. The van der Waals surface area contributed by atoms with Gasteiger partial charge in [0.15, 0.2) is 0 Å². The van der Waals surface area contributed by atoms with E-state index in [1.807, 2.05) is 12.3 Å². The maximum atomic E-state index is 11.8. The Kier molecular flexibility index (Phi) is 4.56. The van der Waals surface area contributed by atoms with Gasteiger partial charge < -0.3 is 14.9 Å². The van der Waals surface area contributed by atoms with Crippen LogP contribution in [-0.4, -0.2) is 27.0 Å². The number of carbonyl (C=O) groups is 1. The van der Waals surface area contributed by atoms with Crippen LogP contribution in [0.3, 0.4) is 0 Å². The molecule has 2 rings (SSSR count). The van der Waals surface area contributed by atoms with Gasteiger partial charge in [0, 0.05) is 38.1 Å². The average Bonchev–Trinajstić information content (AvgIpc) is 3.11. The van der Waals surface area contributed by atoms with Crippen LogP contribution in [-0.2, 0) is 13.0 Å². The van der Waals surface area contributed by atoms with Crippen LogP contribution < -0.4 is 5.32 Å². The molecule has 2 aromatic heterocycles. The molecule has 104 valence electrons. The van der Waals surface area contributed by atoms with Gasteiger partial charge in [0.1, 0.15) is 17.6 Å². The smallest absolute Gasteiger partial charge is 0.267 e. The molecule has 0 aliphatic rings. The maximum Gasteiger partial charge on any atom is 0.267 e. The van der Waals surface area contributed by atoms with Gasteiger partial charge in [-0.25, -0.2) is 4.98 Å². The van der Waals surface area contributed by atoms with Crippen molar-refractivity contribution in [3.05, 3.63) is 41.7 Å². The van der Waals surface area contributed by atoms with E-state index in [1.54, 1.807) is 12.3 Å². The first-order valence-corrected chi connectivity index (χ1v) is 6.61. The molecule has 0 radical (unpaired) electrons. The standard InChI is InChI=1S/C14H17N5O/c1-2-13-16-5-7-19(13)6-3-4-17-14(20)12-8-11(9-15)10-18-12/h5,7-8,10,18H,2-4,6H2,1H3,(H,17,20). The molecule has 0 spiro atoms. The van der Waals surface area contributed by atoms with Crippen molar-refractivity contribution >= 4 is 5.91 Å². The van der Waals surface area contributed by atoms with Crippen LogP contribution in [0.2, 0.25) is 0 Å². The maximum absolute atomic E-state index is 11.8. The number of nitriles is 1. The first-order valence-electron chi connectivity index (χ1n) is 6.61. The number of nitrogens with one attached hydrogen (secondary N) is 2. The number of aromatic amines is 1. The Morgan fingerprint density at radius 2 is 2.45 bits per heavy atom. The number of amides is 1. The molecule has 0 atom stereocenters. The van der Waals surface area contributed by atoms with E-state index >= 15 is 0 Å². The van der Waals surface area contributed by atoms with Crippen LogP contribution in [0.15, 0.2) is 24.7 Å². The van der Waals surface area contributed by atoms with Gasteiger partial charge in [-0.3, -0.25) is 4.79 Å². The van der Waals surface area contributed by atoms with Crippen molar-refractivity contribution in [1.29, 1.82) is 5.26 Å². The molecule has 0 aliphatic carbocycles. The highest BCUT2D eigenvalue weighted by Crippen LogP contribution is 2.02. The molecular weight excluding hydrogens is 254 g/mol. The van der Waals surface area contributed by atoms with Gasteiger partial charge in [-0.1, -0.05) is 6.92 Å². The molecule has 0 fully saturated rings. The molecule has 0 unspecified atom stereocenters. The molecular formula is C14H17N5O. The third-order valence-corrected chi connectivity index (χ3v) is 3.04. The number of aryl methyl sites for hydroxylation is 2. The summed E-state index contributed by atoms with van der Waals surface area (Å²) in [5.41, 5.74) is 0.875. The van der Waals surface area contributed by atoms with E-state index in [-0.39, 0.29) is 5.91 Å². The van der Waals surface area contributed by atoms with Crippen LogP contribution in [0.4, 0.5) is 0 Å². The van der Waals surface area contributed by atoms with Gasteiger partial charge in [0.2, 0.25) is 0 Å². The van der Waals surface area contributed by atoms with Crippen molar-refractivity contribution in [3.63, 3.8) is 0 Å². The van der Waals surface area contributed by atoms with Crippen LogP contribution in [0.5, 0.6) is 0 Å². The minimum atomic E-state index is -0.187. The van der Waals surface area contributed by atoms with E-state index in [2.05, 4.69) is 26.8 Å². The fraction of sp³-hybridized carbons (Fsp3) is 0.357. The van der Waals surface area contributed by atoms with Gasteiger partial charge in [0.05, 0.1) is 5.56 Å². The Hall–Kier alpha value is -2.55. The summed E-state index contributed by atoms with van der Waals surface area (Å²) in [6.45, 7) is 3.48. The number of imidazole rings is 1. The molecule has 2 heterocycles. The van der Waals surface area contributed by atoms with E-state index in [1.165, 1.54) is 6.20 Å². The van der Waals surface area contributed by atoms with Crippen molar-refractivity contribution in [2.24, 2.45) is 0 Å². The normalized spacial score (nSPS) is 10.2. The Morgan fingerprint density at radius 3 is 3.15 bits per heavy atom. The summed E-state index contributed by atoms with van der Waals surface area (Å²) >= 11 is 0. The van der Waals surface area contributed by atoms with Gasteiger partial charge in [-0.2, -0.15) is 5.26 Å². The molecule has 0 aromatic carbocycles. The summed E-state index contributed by atoms with van der Waals surface area (Å²) in [6, 6.07) is 3.52. The van der Waals surface area contributed by atoms with Crippen molar-refractivity contribution in [3.8, 4) is 6.07 Å². The summed E-state index contributed by atoms with van der Waals surface area (Å²) in [5, 5.41) is 11.5. The second-order valence-corrected chi connectivity index (χ2v) is 4.41. The van der Waals surface area contributed by atoms with E-state index in [0.29, 0.717) is 17.8 Å². The Labute approximate surface area is 117 Å². The van der Waals surface area contributed by atoms with E-state index in [0.717, 1.165) is 25.2 Å². The van der Waals surface area contributed by atoms with E-state index in [4.69, 9.17) is 5.26 Å². The molecule has 2 N–H and O–H groups in total. The van der Waals surface area contributed by atoms with Crippen LogP contribution in [0.25, 0.3) is 0 Å². The predicted molar refractivity (Wildman–Crippen MR) is 74.1 cm³/mol. The van der Waals surface area contributed by atoms with Gasteiger partial charge in [0.25, 0.3) is 5.91 Å². The lowest BCUT2D eigenvalue weighted by Gasteiger charge is -2.07. The van der Waals surface area contributed by atoms with E-state index < -0.39 is 0 Å². The minimum Gasteiger partial charge on any atom is -0.356 e. The molecule has 20 heavy (non-hydrogen) atoms. The van der Waals surface area contributed by atoms with Crippen molar-refractivity contribution in [2.45, 2.75) is 26.3 Å². The topological polar surface area (TPSA) is 86.5 Å². The molecule has 6 nitrogen and oxygen atoms in total. The number of hydrogen-bond donors (Lipinski definition) is 2. The largest absolute Gasteiger partial charge is 0.356 e. The molecule has 0 aliphatic heterocycles. The zero-order valence-electron chi connectivity index (χ0n) is 11.4. The third-order valence-electron chi connectivity index (χ3n) is 3.04. The Bertz CT molecular complexity index is 620. The SMILES string of the molecule is CCc1nccn1CCCNC(=O)c1cc(C#N)c[nH]1. The Balaban J connectivity index is 1.76. The minimum absolute atomic E-state index is 0.187. The fourth-order valence-corrected chi connectivity index (χ4v) is 1.99. The molecule has 6 heteroatoms. The summed E-state index contributed by atoms with van der Waals surface area (Å²) in [4.78, 5) is 18.8. The monoisotopic (exact) mass is 271 g/mol. The predicted octanol–water partition coefficient (Wildman–Crippen LogP) is 1.47. The molecule has 0 bridgehead atoms. The lowest BCUT2D eigenvalue weighted by atomic mass is 10.3. The molecule has 2 aromatic rings. The third kappa shape index (κ3) is 3.26. The van der Waals surface area contributed by atoms with Crippen molar-refractivity contribution in [1.82, 2.24) is 19.9 Å².